The lowest BCUT2D eigenvalue weighted by atomic mass is 9.87. The van der Waals surface area contributed by atoms with E-state index in [1.807, 2.05) is 0 Å². The summed E-state index contributed by atoms with van der Waals surface area (Å²) in [6, 6.07) is 10.0. The van der Waals surface area contributed by atoms with Gasteiger partial charge in [-0.3, -0.25) is 9.59 Å². The second-order valence-corrected chi connectivity index (χ2v) is 6.40. The van der Waals surface area contributed by atoms with Gasteiger partial charge in [-0.15, -0.1) is 0 Å². The third-order valence-electron chi connectivity index (χ3n) is 4.57. The van der Waals surface area contributed by atoms with Crippen molar-refractivity contribution in [2.75, 3.05) is 18.9 Å². The van der Waals surface area contributed by atoms with Gasteiger partial charge in [0.05, 0.1) is 11.3 Å². The van der Waals surface area contributed by atoms with Gasteiger partial charge in [-0.2, -0.15) is 13.2 Å². The molecule has 1 fully saturated rings. The normalized spacial score (nSPS) is 20.0. The highest BCUT2D eigenvalue weighted by Gasteiger charge is 2.45. The smallest absolute Gasteiger partial charge is 0.344 e. The van der Waals surface area contributed by atoms with Crippen molar-refractivity contribution in [3.8, 4) is 0 Å². The van der Waals surface area contributed by atoms with E-state index in [1.165, 1.54) is 42.3 Å². The topological polar surface area (TPSA) is 49.4 Å². The van der Waals surface area contributed by atoms with Crippen LogP contribution in [0.1, 0.15) is 17.0 Å². The fourth-order valence-corrected chi connectivity index (χ4v) is 3.21. The van der Waals surface area contributed by atoms with Crippen molar-refractivity contribution in [2.24, 2.45) is 5.92 Å². The zero-order valence-corrected chi connectivity index (χ0v) is 14.3. The molecule has 8 heteroatoms. The van der Waals surface area contributed by atoms with Gasteiger partial charge < -0.3 is 10.2 Å². The zero-order valence-electron chi connectivity index (χ0n) is 14.3. The van der Waals surface area contributed by atoms with Crippen molar-refractivity contribution in [1.82, 2.24) is 4.90 Å². The Bertz CT molecular complexity index is 882. The van der Waals surface area contributed by atoms with Crippen LogP contribution in [-0.2, 0) is 15.8 Å². The first kappa shape index (κ1) is 18.9. The maximum Gasteiger partial charge on any atom is 0.416 e. The molecule has 2 amide bonds. The molecule has 1 aliphatic rings. The second-order valence-electron chi connectivity index (χ2n) is 6.40. The summed E-state index contributed by atoms with van der Waals surface area (Å²) in [6.07, 6.45) is -4.53. The first-order valence-electron chi connectivity index (χ1n) is 8.16. The number of carbonyl (C=O) groups excluding carboxylic acids is 2. The zero-order chi connectivity index (χ0) is 19.8. The highest BCUT2D eigenvalue weighted by Crippen LogP contribution is 2.37. The number of hydrogen-bond donors (Lipinski definition) is 1. The van der Waals surface area contributed by atoms with Crippen LogP contribution >= 0.6 is 0 Å². The van der Waals surface area contributed by atoms with Crippen LogP contribution in [-0.4, -0.2) is 30.3 Å². The number of likely N-dealkylation sites (tertiary alicyclic amines) is 1. The van der Waals surface area contributed by atoms with E-state index in [0.717, 1.165) is 18.2 Å². The lowest BCUT2D eigenvalue weighted by Crippen LogP contribution is -2.33. The van der Waals surface area contributed by atoms with Gasteiger partial charge in [-0.05, 0) is 23.8 Å². The van der Waals surface area contributed by atoms with Crippen LogP contribution < -0.4 is 5.32 Å². The Kier molecular flexibility index (Phi) is 4.91. The fourth-order valence-electron chi connectivity index (χ4n) is 3.21. The number of nitrogens with one attached hydrogen (secondary N) is 1. The number of anilines is 1. The van der Waals surface area contributed by atoms with Crippen LogP contribution in [0.15, 0.2) is 48.5 Å². The first-order chi connectivity index (χ1) is 12.7. The summed E-state index contributed by atoms with van der Waals surface area (Å²) in [5.74, 6) is -3.95. The van der Waals surface area contributed by atoms with Gasteiger partial charge in [0.2, 0.25) is 11.8 Å². The molecule has 1 N–H and O–H groups in total. The summed E-state index contributed by atoms with van der Waals surface area (Å²) in [5, 5.41) is 2.36. The van der Waals surface area contributed by atoms with Crippen molar-refractivity contribution in [3.05, 3.63) is 65.5 Å². The molecule has 2 atom stereocenters. The summed E-state index contributed by atoms with van der Waals surface area (Å²) in [4.78, 5) is 26.4. The van der Waals surface area contributed by atoms with Gasteiger partial charge in [0, 0.05) is 19.5 Å². The number of nitrogens with zero attached hydrogens (tertiary/aromatic N) is 1. The van der Waals surface area contributed by atoms with Crippen LogP contribution in [0.3, 0.4) is 0 Å². The summed E-state index contributed by atoms with van der Waals surface area (Å²) in [5.41, 5.74) is -0.709. The molecule has 1 unspecified atom stereocenters. The number of para-hydroxylation sites is 1. The van der Waals surface area contributed by atoms with Crippen molar-refractivity contribution in [2.45, 2.75) is 12.1 Å². The molecule has 0 radical (unpaired) electrons. The number of carbonyl (C=O) groups is 2. The lowest BCUT2D eigenvalue weighted by molar-refractivity contribution is -0.137. The molecule has 0 aromatic heterocycles. The molecule has 0 aliphatic carbocycles. The number of likely N-dealkylation sites (N-methyl/N-ethyl adjacent to an activating group) is 1. The molecule has 27 heavy (non-hydrogen) atoms. The highest BCUT2D eigenvalue weighted by molar-refractivity contribution is 6.08. The van der Waals surface area contributed by atoms with E-state index in [4.69, 9.17) is 0 Å². The van der Waals surface area contributed by atoms with E-state index < -0.39 is 41.2 Å². The Morgan fingerprint density at radius 3 is 2.52 bits per heavy atom. The average Bonchev–Trinajstić information content (AvgIpc) is 2.91. The molecule has 0 spiro atoms. The van der Waals surface area contributed by atoms with E-state index >= 15 is 0 Å². The SMILES string of the molecule is CN1CC(c2cccc(C(F)(F)F)c2)[C@@H](C(=O)Nc2ccccc2F)C1=O. The van der Waals surface area contributed by atoms with Crippen LogP contribution in [0.4, 0.5) is 23.2 Å². The molecule has 1 saturated heterocycles. The molecule has 0 bridgehead atoms. The van der Waals surface area contributed by atoms with Crippen molar-refractivity contribution in [3.63, 3.8) is 0 Å². The minimum atomic E-state index is -4.53. The van der Waals surface area contributed by atoms with Gasteiger partial charge in [-0.25, -0.2) is 4.39 Å². The van der Waals surface area contributed by atoms with Gasteiger partial charge >= 0.3 is 6.18 Å². The van der Waals surface area contributed by atoms with Crippen LogP contribution in [0.25, 0.3) is 0 Å². The average molecular weight is 380 g/mol. The van der Waals surface area contributed by atoms with Crippen LogP contribution in [0.5, 0.6) is 0 Å². The third kappa shape index (κ3) is 3.79. The molecule has 142 valence electrons. The Hall–Kier alpha value is -2.90. The summed E-state index contributed by atoms with van der Waals surface area (Å²) < 4.78 is 52.8. The Labute approximate surface area is 152 Å². The van der Waals surface area contributed by atoms with Gasteiger partial charge in [0.1, 0.15) is 11.7 Å². The Balaban J connectivity index is 1.92. The van der Waals surface area contributed by atoms with E-state index in [-0.39, 0.29) is 17.8 Å². The summed E-state index contributed by atoms with van der Waals surface area (Å²) in [6.45, 7) is 0.0928. The van der Waals surface area contributed by atoms with Crippen molar-refractivity contribution >= 4 is 17.5 Å². The second kappa shape index (κ2) is 7.02. The molecule has 1 aliphatic heterocycles. The monoisotopic (exact) mass is 380 g/mol. The standard InChI is InChI=1S/C19H16F4N2O2/c1-25-10-13(11-5-4-6-12(9-11)19(21,22)23)16(18(25)27)17(26)24-15-8-3-2-7-14(15)20/h2-9,13,16H,10H2,1H3,(H,24,26)/t13?,16-/m0/s1. The quantitative estimate of drug-likeness (QED) is 0.653. The predicted molar refractivity (Wildman–Crippen MR) is 90.3 cm³/mol. The number of halogens is 4. The Morgan fingerprint density at radius 2 is 1.85 bits per heavy atom. The molecule has 0 saturated carbocycles. The van der Waals surface area contributed by atoms with E-state index in [9.17, 15) is 27.2 Å². The number of rotatable bonds is 3. The molecule has 3 rings (SSSR count). The largest absolute Gasteiger partial charge is 0.416 e. The maximum atomic E-state index is 13.8. The minimum absolute atomic E-state index is 0.0901. The number of benzene rings is 2. The molecule has 1 heterocycles. The van der Waals surface area contributed by atoms with Crippen LogP contribution in [0, 0.1) is 11.7 Å². The molecular formula is C19H16F4N2O2. The van der Waals surface area contributed by atoms with Gasteiger partial charge in [0.15, 0.2) is 0 Å². The summed E-state index contributed by atoms with van der Waals surface area (Å²) >= 11 is 0. The minimum Gasteiger partial charge on any atom is -0.344 e. The molecule has 2 aromatic carbocycles. The van der Waals surface area contributed by atoms with Crippen molar-refractivity contribution < 1.29 is 27.2 Å². The highest BCUT2D eigenvalue weighted by atomic mass is 19.4. The number of hydrogen-bond acceptors (Lipinski definition) is 2. The summed E-state index contributed by atoms with van der Waals surface area (Å²) in [7, 11) is 1.47. The molecule has 2 aromatic rings. The third-order valence-corrected chi connectivity index (χ3v) is 4.57. The van der Waals surface area contributed by atoms with Crippen LogP contribution in [0.2, 0.25) is 0 Å². The predicted octanol–water partition coefficient (Wildman–Crippen LogP) is 3.66. The first-order valence-corrected chi connectivity index (χ1v) is 8.16. The number of amides is 2. The van der Waals surface area contributed by atoms with E-state index in [2.05, 4.69) is 5.32 Å². The van der Waals surface area contributed by atoms with E-state index in [0.29, 0.717) is 0 Å². The Morgan fingerprint density at radius 1 is 1.15 bits per heavy atom. The van der Waals surface area contributed by atoms with Gasteiger partial charge in [-0.1, -0.05) is 30.3 Å². The number of alkyl halides is 3. The lowest BCUT2D eigenvalue weighted by Gasteiger charge is -2.18. The van der Waals surface area contributed by atoms with E-state index in [1.54, 1.807) is 0 Å². The molecule has 4 nitrogen and oxygen atoms in total. The maximum absolute atomic E-state index is 13.8. The van der Waals surface area contributed by atoms with Crippen molar-refractivity contribution in [1.29, 1.82) is 0 Å². The fraction of sp³-hybridized carbons (Fsp3) is 0.263. The molecular weight excluding hydrogens is 364 g/mol. The van der Waals surface area contributed by atoms with Gasteiger partial charge in [0.25, 0.3) is 0 Å².